The van der Waals surface area contributed by atoms with Crippen LogP contribution >= 0.6 is 34.8 Å². The molecule has 0 radical (unpaired) electrons. The number of hydrogen-bond donors (Lipinski definition) is 2. The van der Waals surface area contributed by atoms with Crippen LogP contribution in [-0.4, -0.2) is 0 Å². The normalized spacial score (nSPS) is 12.4. The Morgan fingerprint density at radius 1 is 1.10 bits per heavy atom. The molecular weight excluding hydrogens is 322 g/mol. The molecule has 0 aromatic heterocycles. The Bertz CT molecular complexity index is 619. The van der Waals surface area contributed by atoms with Gasteiger partial charge in [-0.2, -0.15) is 0 Å². The largest absolute Gasteiger partial charge is 0.271 e. The summed E-state index contributed by atoms with van der Waals surface area (Å²) in [4.78, 5) is 0. The van der Waals surface area contributed by atoms with E-state index in [4.69, 9.17) is 40.6 Å². The van der Waals surface area contributed by atoms with Crippen LogP contribution in [0.5, 0.6) is 0 Å². The summed E-state index contributed by atoms with van der Waals surface area (Å²) in [5, 5.41) is 1.02. The number of nitrogens with one attached hydrogen (secondary N) is 1. The molecule has 2 rings (SSSR count). The third-order valence-electron chi connectivity index (χ3n) is 3.00. The quantitative estimate of drug-likeness (QED) is 0.637. The Kier molecular flexibility index (Phi) is 5.24. The summed E-state index contributed by atoms with van der Waals surface area (Å²) in [5.74, 6) is 5.06. The van der Waals surface area contributed by atoms with E-state index in [1.165, 1.54) is 12.1 Å². The molecular formula is C14H12Cl3FN2. The van der Waals surface area contributed by atoms with Crippen molar-refractivity contribution in [2.24, 2.45) is 5.84 Å². The maximum absolute atomic E-state index is 13.5. The van der Waals surface area contributed by atoms with E-state index in [1.54, 1.807) is 18.2 Å². The highest BCUT2D eigenvalue weighted by Gasteiger charge is 2.15. The van der Waals surface area contributed by atoms with Crippen molar-refractivity contribution < 1.29 is 4.39 Å². The van der Waals surface area contributed by atoms with E-state index in [0.29, 0.717) is 22.0 Å². The number of benzene rings is 2. The molecule has 1 atom stereocenters. The lowest BCUT2D eigenvalue weighted by molar-refractivity contribution is 0.544. The van der Waals surface area contributed by atoms with Gasteiger partial charge in [0.1, 0.15) is 5.82 Å². The zero-order valence-electron chi connectivity index (χ0n) is 10.3. The van der Waals surface area contributed by atoms with Gasteiger partial charge in [0.05, 0.1) is 21.1 Å². The van der Waals surface area contributed by atoms with Gasteiger partial charge in [-0.15, -0.1) is 0 Å². The van der Waals surface area contributed by atoms with E-state index in [1.807, 2.05) is 6.07 Å². The molecule has 2 aromatic rings. The Balaban J connectivity index is 2.28. The van der Waals surface area contributed by atoms with Crippen LogP contribution in [0.2, 0.25) is 15.1 Å². The van der Waals surface area contributed by atoms with Crippen molar-refractivity contribution in [2.75, 3.05) is 0 Å². The van der Waals surface area contributed by atoms with Gasteiger partial charge in [-0.05, 0) is 35.7 Å². The molecule has 6 heteroatoms. The van der Waals surface area contributed by atoms with Crippen LogP contribution in [0.3, 0.4) is 0 Å². The fourth-order valence-corrected chi connectivity index (χ4v) is 2.44. The lowest BCUT2D eigenvalue weighted by atomic mass is 9.99. The van der Waals surface area contributed by atoms with Crippen LogP contribution in [0.1, 0.15) is 17.2 Å². The van der Waals surface area contributed by atoms with E-state index in [0.717, 1.165) is 5.56 Å². The van der Waals surface area contributed by atoms with E-state index in [2.05, 4.69) is 5.43 Å². The number of hydrazine groups is 1. The third-order valence-corrected chi connectivity index (χ3v) is 4.17. The van der Waals surface area contributed by atoms with Gasteiger partial charge in [-0.3, -0.25) is 11.3 Å². The Labute approximate surface area is 131 Å². The van der Waals surface area contributed by atoms with Crippen LogP contribution in [0.15, 0.2) is 36.4 Å². The van der Waals surface area contributed by atoms with Crippen LogP contribution in [0.4, 0.5) is 4.39 Å². The van der Waals surface area contributed by atoms with Crippen molar-refractivity contribution >= 4 is 34.8 Å². The topological polar surface area (TPSA) is 38.0 Å². The molecule has 0 amide bonds. The molecule has 0 aliphatic rings. The first kappa shape index (κ1) is 15.5. The van der Waals surface area contributed by atoms with Crippen molar-refractivity contribution in [2.45, 2.75) is 12.5 Å². The maximum Gasteiger partial charge on any atom is 0.142 e. The van der Waals surface area contributed by atoms with E-state index in [-0.39, 0.29) is 11.1 Å². The predicted molar refractivity (Wildman–Crippen MR) is 81.6 cm³/mol. The van der Waals surface area contributed by atoms with Gasteiger partial charge >= 0.3 is 0 Å². The van der Waals surface area contributed by atoms with Gasteiger partial charge < -0.3 is 0 Å². The van der Waals surface area contributed by atoms with Crippen LogP contribution < -0.4 is 11.3 Å². The lowest BCUT2D eigenvalue weighted by Gasteiger charge is -2.18. The maximum atomic E-state index is 13.5. The molecule has 0 aliphatic heterocycles. The van der Waals surface area contributed by atoms with Crippen LogP contribution in [0, 0.1) is 5.82 Å². The van der Waals surface area contributed by atoms with Crippen molar-refractivity contribution in [3.63, 3.8) is 0 Å². The minimum absolute atomic E-state index is 0.0744. The highest BCUT2D eigenvalue weighted by molar-refractivity contribution is 6.42. The number of halogens is 4. The van der Waals surface area contributed by atoms with Crippen LogP contribution in [-0.2, 0) is 6.42 Å². The second-order valence-electron chi connectivity index (χ2n) is 4.31. The first-order valence-corrected chi connectivity index (χ1v) is 7.00. The fourth-order valence-electron chi connectivity index (χ4n) is 1.93. The Morgan fingerprint density at radius 2 is 1.85 bits per heavy atom. The Morgan fingerprint density at radius 3 is 2.50 bits per heavy atom. The third kappa shape index (κ3) is 3.43. The van der Waals surface area contributed by atoms with Gasteiger partial charge in [0.25, 0.3) is 0 Å². The summed E-state index contributed by atoms with van der Waals surface area (Å²) in [6.07, 6.45) is 0.483. The summed E-state index contributed by atoms with van der Waals surface area (Å²) < 4.78 is 13.5. The standard InChI is InChI=1S/C14H12Cl3FN2/c15-10-5-4-8(6-12(10)18)13(20-19)7-9-2-1-3-11(16)14(9)17/h1-6,13,20H,7,19H2. The van der Waals surface area contributed by atoms with Crippen molar-refractivity contribution in [1.82, 2.24) is 5.43 Å². The molecule has 0 heterocycles. The number of rotatable bonds is 4. The molecule has 0 bridgehead atoms. The van der Waals surface area contributed by atoms with E-state index in [9.17, 15) is 4.39 Å². The first-order chi connectivity index (χ1) is 9.52. The predicted octanol–water partition coefficient (Wildman–Crippen LogP) is 4.53. The zero-order valence-corrected chi connectivity index (χ0v) is 12.6. The summed E-state index contributed by atoms with van der Waals surface area (Å²) >= 11 is 17.8. The van der Waals surface area contributed by atoms with Gasteiger partial charge in [-0.1, -0.05) is 53.0 Å². The molecule has 0 fully saturated rings. The molecule has 0 spiro atoms. The summed E-state index contributed by atoms with van der Waals surface area (Å²) in [7, 11) is 0. The van der Waals surface area contributed by atoms with E-state index < -0.39 is 5.82 Å². The fraction of sp³-hybridized carbons (Fsp3) is 0.143. The van der Waals surface area contributed by atoms with E-state index >= 15 is 0 Å². The number of nitrogens with two attached hydrogens (primary N) is 1. The SMILES string of the molecule is NNC(Cc1cccc(Cl)c1Cl)c1ccc(Cl)c(F)c1. The van der Waals surface area contributed by atoms with Crippen molar-refractivity contribution in [3.05, 3.63) is 68.4 Å². The van der Waals surface area contributed by atoms with Gasteiger partial charge in [0.15, 0.2) is 0 Å². The lowest BCUT2D eigenvalue weighted by Crippen LogP contribution is -2.29. The summed E-state index contributed by atoms with van der Waals surface area (Å²) in [6, 6.07) is 9.64. The second kappa shape index (κ2) is 6.74. The molecule has 2 nitrogen and oxygen atoms in total. The van der Waals surface area contributed by atoms with Gasteiger partial charge in [0.2, 0.25) is 0 Å². The molecule has 106 valence electrons. The first-order valence-electron chi connectivity index (χ1n) is 5.87. The molecule has 20 heavy (non-hydrogen) atoms. The smallest absolute Gasteiger partial charge is 0.142 e. The minimum atomic E-state index is -0.485. The highest BCUT2D eigenvalue weighted by atomic mass is 35.5. The molecule has 0 saturated carbocycles. The second-order valence-corrected chi connectivity index (χ2v) is 5.50. The summed E-state index contributed by atoms with van der Waals surface area (Å²) in [5.41, 5.74) is 4.17. The average molecular weight is 334 g/mol. The van der Waals surface area contributed by atoms with Gasteiger partial charge in [0, 0.05) is 0 Å². The van der Waals surface area contributed by atoms with Gasteiger partial charge in [-0.25, -0.2) is 4.39 Å². The Hall–Kier alpha value is -0.840. The van der Waals surface area contributed by atoms with Crippen molar-refractivity contribution in [3.8, 4) is 0 Å². The monoisotopic (exact) mass is 332 g/mol. The van der Waals surface area contributed by atoms with Crippen molar-refractivity contribution in [1.29, 1.82) is 0 Å². The molecule has 2 aromatic carbocycles. The molecule has 0 aliphatic carbocycles. The highest BCUT2D eigenvalue weighted by Crippen LogP contribution is 2.29. The summed E-state index contributed by atoms with van der Waals surface area (Å²) in [6.45, 7) is 0. The number of hydrogen-bond acceptors (Lipinski definition) is 2. The van der Waals surface area contributed by atoms with Crippen LogP contribution in [0.25, 0.3) is 0 Å². The minimum Gasteiger partial charge on any atom is -0.271 e. The zero-order chi connectivity index (χ0) is 14.7. The molecule has 1 unspecified atom stereocenters. The molecule has 0 saturated heterocycles. The molecule has 3 N–H and O–H groups in total. The average Bonchev–Trinajstić information content (AvgIpc) is 2.44.